The largest absolute Gasteiger partial charge is 0.407 e. The Morgan fingerprint density at radius 3 is 2.26 bits per heavy atom. The second kappa shape index (κ2) is 8.77. The van der Waals surface area contributed by atoms with Gasteiger partial charge >= 0.3 is 6.18 Å². The third kappa shape index (κ3) is 6.48. The molecule has 122 valence electrons. The van der Waals surface area contributed by atoms with Crippen LogP contribution in [0.2, 0.25) is 5.02 Å². The van der Waals surface area contributed by atoms with E-state index in [1.807, 2.05) is 6.07 Å². The Kier molecular flexibility index (Phi) is 7.36. The highest BCUT2D eigenvalue weighted by atomic mass is 35.5. The van der Waals surface area contributed by atoms with Crippen molar-refractivity contribution in [3.05, 3.63) is 58.9 Å². The zero-order valence-electron chi connectivity index (χ0n) is 12.0. The van der Waals surface area contributed by atoms with E-state index in [0.717, 1.165) is 0 Å². The minimum absolute atomic E-state index is 0.157. The van der Waals surface area contributed by atoms with Gasteiger partial charge < -0.3 is 5.32 Å². The molecule has 0 aliphatic heterocycles. The Hall–Kier alpha value is -1.75. The molecule has 1 N–H and O–H groups in total. The SMILES string of the molecule is CNC(c1ccc(Cl)cc1)C(F)(F)F.N#Cc1cncc(S)c1. The van der Waals surface area contributed by atoms with E-state index in [2.05, 4.69) is 22.9 Å². The average Bonchev–Trinajstić information content (AvgIpc) is 2.49. The second-order valence-electron chi connectivity index (χ2n) is 4.36. The Balaban J connectivity index is 0.000000253. The molecular weight excluding hydrogens is 347 g/mol. The zero-order chi connectivity index (χ0) is 17.5. The topological polar surface area (TPSA) is 48.7 Å². The molecule has 1 heterocycles. The number of halogens is 4. The van der Waals surface area contributed by atoms with Gasteiger partial charge in [-0.1, -0.05) is 23.7 Å². The molecule has 1 unspecified atom stereocenters. The molecule has 0 bridgehead atoms. The highest BCUT2D eigenvalue weighted by Crippen LogP contribution is 2.32. The molecule has 2 aromatic rings. The van der Waals surface area contributed by atoms with Crippen LogP contribution in [0.15, 0.2) is 47.6 Å². The van der Waals surface area contributed by atoms with E-state index in [9.17, 15) is 13.2 Å². The van der Waals surface area contributed by atoms with Gasteiger partial charge in [-0.3, -0.25) is 4.98 Å². The van der Waals surface area contributed by atoms with Crippen molar-refractivity contribution in [3.8, 4) is 6.07 Å². The van der Waals surface area contributed by atoms with Gasteiger partial charge in [-0.25, -0.2) is 0 Å². The standard InChI is InChI=1S/C9H9ClF3N.C6H4N2S/c1-14-8(9(11,12)13)6-2-4-7(10)5-3-6;7-2-5-1-6(9)4-8-3-5/h2-5,8,14H,1H3;1,3-4,9H. The monoisotopic (exact) mass is 359 g/mol. The number of alkyl halides is 3. The van der Waals surface area contributed by atoms with Crippen LogP contribution in [0.1, 0.15) is 17.2 Å². The summed E-state index contributed by atoms with van der Waals surface area (Å²) < 4.78 is 37.2. The van der Waals surface area contributed by atoms with Crippen molar-refractivity contribution in [2.75, 3.05) is 7.05 Å². The normalized spacial score (nSPS) is 11.9. The molecule has 0 aliphatic rings. The molecule has 0 saturated heterocycles. The molecule has 0 saturated carbocycles. The number of nitriles is 1. The lowest BCUT2D eigenvalue weighted by molar-refractivity contribution is -0.156. The van der Waals surface area contributed by atoms with E-state index in [1.54, 1.807) is 12.3 Å². The van der Waals surface area contributed by atoms with E-state index in [4.69, 9.17) is 16.9 Å². The molecule has 8 heteroatoms. The van der Waals surface area contributed by atoms with E-state index in [0.29, 0.717) is 15.5 Å². The van der Waals surface area contributed by atoms with Gasteiger partial charge in [0.25, 0.3) is 0 Å². The molecule has 0 amide bonds. The summed E-state index contributed by atoms with van der Waals surface area (Å²) in [6, 6.07) is 7.57. The summed E-state index contributed by atoms with van der Waals surface area (Å²) in [5, 5.41) is 11.0. The van der Waals surface area contributed by atoms with Gasteiger partial charge in [0, 0.05) is 22.3 Å². The lowest BCUT2D eigenvalue weighted by atomic mass is 10.1. The fourth-order valence-corrected chi connectivity index (χ4v) is 2.00. The van der Waals surface area contributed by atoms with Crippen molar-refractivity contribution in [1.29, 1.82) is 5.26 Å². The molecule has 1 aromatic heterocycles. The first-order valence-corrected chi connectivity index (χ1v) is 7.14. The van der Waals surface area contributed by atoms with E-state index in [-0.39, 0.29) is 5.56 Å². The van der Waals surface area contributed by atoms with Crippen molar-refractivity contribution in [3.63, 3.8) is 0 Å². The summed E-state index contributed by atoms with van der Waals surface area (Å²) in [5.41, 5.74) is 0.701. The maximum absolute atomic E-state index is 12.4. The van der Waals surface area contributed by atoms with Crippen molar-refractivity contribution in [2.24, 2.45) is 0 Å². The van der Waals surface area contributed by atoms with Crippen LogP contribution in [0.5, 0.6) is 0 Å². The summed E-state index contributed by atoms with van der Waals surface area (Å²) in [6.45, 7) is 0. The first kappa shape index (κ1) is 19.3. The van der Waals surface area contributed by atoms with Crippen molar-refractivity contribution >= 4 is 24.2 Å². The Morgan fingerprint density at radius 1 is 1.26 bits per heavy atom. The molecule has 3 nitrogen and oxygen atoms in total. The van der Waals surface area contributed by atoms with Gasteiger partial charge in [0.05, 0.1) is 5.56 Å². The molecule has 0 aliphatic carbocycles. The van der Waals surface area contributed by atoms with Crippen LogP contribution >= 0.6 is 24.2 Å². The number of rotatable bonds is 2. The van der Waals surface area contributed by atoms with Crippen LogP contribution in [-0.4, -0.2) is 18.2 Å². The fraction of sp³-hybridized carbons (Fsp3) is 0.200. The smallest absolute Gasteiger partial charge is 0.306 e. The minimum Gasteiger partial charge on any atom is -0.306 e. The van der Waals surface area contributed by atoms with Crippen molar-refractivity contribution in [2.45, 2.75) is 17.1 Å². The van der Waals surface area contributed by atoms with E-state index >= 15 is 0 Å². The lowest BCUT2D eigenvalue weighted by Crippen LogP contribution is -2.31. The average molecular weight is 360 g/mol. The van der Waals surface area contributed by atoms with E-state index < -0.39 is 12.2 Å². The molecule has 1 atom stereocenters. The number of aromatic nitrogens is 1. The van der Waals surface area contributed by atoms with Gasteiger partial charge in [0.15, 0.2) is 0 Å². The van der Waals surface area contributed by atoms with Crippen molar-refractivity contribution < 1.29 is 13.2 Å². The second-order valence-corrected chi connectivity index (χ2v) is 5.31. The number of nitrogens with one attached hydrogen (secondary N) is 1. The maximum atomic E-state index is 12.4. The zero-order valence-corrected chi connectivity index (χ0v) is 13.6. The lowest BCUT2D eigenvalue weighted by Gasteiger charge is -2.19. The van der Waals surface area contributed by atoms with E-state index in [1.165, 1.54) is 37.5 Å². The molecule has 0 spiro atoms. The first-order chi connectivity index (χ1) is 10.8. The fourth-order valence-electron chi connectivity index (χ4n) is 1.66. The Bertz CT molecular complexity index is 669. The summed E-state index contributed by atoms with van der Waals surface area (Å²) in [7, 11) is 1.27. The number of thiol groups is 1. The van der Waals surface area contributed by atoms with Crippen LogP contribution in [0.25, 0.3) is 0 Å². The summed E-state index contributed by atoms with van der Waals surface area (Å²) in [6.07, 6.45) is -1.20. The highest BCUT2D eigenvalue weighted by molar-refractivity contribution is 7.80. The van der Waals surface area contributed by atoms with Crippen LogP contribution in [0.3, 0.4) is 0 Å². The summed E-state index contributed by atoms with van der Waals surface area (Å²) >= 11 is 9.57. The van der Waals surface area contributed by atoms with Crippen LogP contribution in [0, 0.1) is 11.3 Å². The van der Waals surface area contributed by atoms with Crippen molar-refractivity contribution in [1.82, 2.24) is 10.3 Å². The Labute approximate surface area is 142 Å². The Morgan fingerprint density at radius 2 is 1.87 bits per heavy atom. The van der Waals surface area contributed by atoms with Crippen LogP contribution in [-0.2, 0) is 0 Å². The highest BCUT2D eigenvalue weighted by Gasteiger charge is 2.39. The number of hydrogen-bond donors (Lipinski definition) is 2. The third-order valence-corrected chi connectivity index (χ3v) is 3.17. The summed E-state index contributed by atoms with van der Waals surface area (Å²) in [4.78, 5) is 4.47. The number of nitrogens with zero attached hydrogens (tertiary/aromatic N) is 2. The van der Waals surface area contributed by atoms with Crippen LogP contribution in [0.4, 0.5) is 13.2 Å². The first-order valence-electron chi connectivity index (χ1n) is 6.31. The summed E-state index contributed by atoms with van der Waals surface area (Å²) in [5.74, 6) is 0. The predicted molar refractivity (Wildman–Crippen MR) is 85.5 cm³/mol. The maximum Gasteiger partial charge on any atom is 0.407 e. The van der Waals surface area contributed by atoms with Gasteiger partial charge in [-0.05, 0) is 30.8 Å². The van der Waals surface area contributed by atoms with Crippen LogP contribution < -0.4 is 5.32 Å². The molecule has 2 rings (SSSR count). The minimum atomic E-state index is -4.29. The molecular formula is C15H13ClF3N3S. The van der Waals surface area contributed by atoms with Gasteiger partial charge in [-0.15, -0.1) is 12.6 Å². The van der Waals surface area contributed by atoms with Gasteiger partial charge in [0.2, 0.25) is 0 Å². The molecule has 1 aromatic carbocycles. The van der Waals surface area contributed by atoms with Gasteiger partial charge in [0.1, 0.15) is 12.1 Å². The molecule has 23 heavy (non-hydrogen) atoms. The molecule has 0 fully saturated rings. The quantitative estimate of drug-likeness (QED) is 0.781. The number of hydrogen-bond acceptors (Lipinski definition) is 4. The predicted octanol–water partition coefficient (Wildman–Crippen LogP) is 4.40. The molecule has 0 radical (unpaired) electrons. The number of pyridine rings is 1. The van der Waals surface area contributed by atoms with Gasteiger partial charge in [-0.2, -0.15) is 18.4 Å². The third-order valence-electron chi connectivity index (χ3n) is 2.67. The number of benzene rings is 1.